The Bertz CT molecular complexity index is 833. The van der Waals surface area contributed by atoms with Crippen LogP contribution in [-0.2, 0) is 0 Å². The lowest BCUT2D eigenvalue weighted by atomic mass is 10.2. The van der Waals surface area contributed by atoms with E-state index in [0.717, 1.165) is 4.47 Å². The Morgan fingerprint density at radius 3 is 2.70 bits per heavy atom. The van der Waals surface area contributed by atoms with E-state index in [2.05, 4.69) is 36.8 Å². The topological polar surface area (TPSA) is 52.0 Å². The second-order valence-electron chi connectivity index (χ2n) is 4.05. The molecule has 0 spiro atoms. The summed E-state index contributed by atoms with van der Waals surface area (Å²) in [5.41, 5.74) is 8.36. The number of oxazole rings is 1. The highest BCUT2D eigenvalue weighted by atomic mass is 79.9. The second-order valence-corrected chi connectivity index (χ2v) is 6.49. The van der Waals surface area contributed by atoms with Crippen LogP contribution >= 0.6 is 55.1 Å². The van der Waals surface area contributed by atoms with Crippen LogP contribution in [0.1, 0.15) is 0 Å². The third-order valence-corrected chi connectivity index (χ3v) is 5.07. The standard InChI is InChI=1S/C13H6Br2Cl2N2O/c14-6-4-8-12(9(15)11(6)18)19-13(20-8)5-2-1-3-7(16)10(5)17/h1-4H,18H2. The number of benzene rings is 2. The smallest absolute Gasteiger partial charge is 0.228 e. The summed E-state index contributed by atoms with van der Waals surface area (Å²) in [5.74, 6) is 0.394. The first-order chi connectivity index (χ1) is 9.49. The molecular weight excluding hydrogens is 431 g/mol. The molecule has 0 aliphatic heterocycles. The summed E-state index contributed by atoms with van der Waals surface area (Å²) in [4.78, 5) is 4.43. The van der Waals surface area contributed by atoms with Crippen LogP contribution in [0.25, 0.3) is 22.6 Å². The Labute approximate surface area is 141 Å². The number of aromatic nitrogens is 1. The summed E-state index contributed by atoms with van der Waals surface area (Å²) < 4.78 is 7.15. The fourth-order valence-electron chi connectivity index (χ4n) is 1.80. The predicted octanol–water partition coefficient (Wildman–Crippen LogP) is 5.91. The molecule has 0 radical (unpaired) electrons. The largest absolute Gasteiger partial charge is 0.436 e. The molecule has 102 valence electrons. The van der Waals surface area contributed by atoms with Crippen molar-refractivity contribution < 1.29 is 4.42 Å². The van der Waals surface area contributed by atoms with Crippen molar-refractivity contribution in [2.75, 3.05) is 5.73 Å². The zero-order valence-electron chi connectivity index (χ0n) is 9.75. The number of nitrogens with zero attached hydrogens (tertiary/aromatic N) is 1. The van der Waals surface area contributed by atoms with Gasteiger partial charge in [-0.25, -0.2) is 4.98 Å². The molecule has 2 aromatic carbocycles. The number of hydrogen-bond donors (Lipinski definition) is 1. The van der Waals surface area contributed by atoms with Gasteiger partial charge in [-0.3, -0.25) is 0 Å². The van der Waals surface area contributed by atoms with Crippen LogP contribution in [-0.4, -0.2) is 4.98 Å². The molecule has 0 aliphatic rings. The van der Waals surface area contributed by atoms with Crippen LogP contribution in [0.15, 0.2) is 37.6 Å². The van der Waals surface area contributed by atoms with Crippen molar-refractivity contribution in [2.24, 2.45) is 0 Å². The summed E-state index contributed by atoms with van der Waals surface area (Å²) in [5, 5.41) is 0.857. The molecule has 3 aromatic rings. The van der Waals surface area contributed by atoms with Crippen molar-refractivity contribution in [1.82, 2.24) is 4.98 Å². The lowest BCUT2D eigenvalue weighted by Crippen LogP contribution is -1.88. The minimum absolute atomic E-state index is 0.394. The summed E-state index contributed by atoms with van der Waals surface area (Å²) in [7, 11) is 0. The maximum absolute atomic E-state index is 6.18. The van der Waals surface area contributed by atoms with Gasteiger partial charge in [0.1, 0.15) is 5.52 Å². The number of hydrogen-bond acceptors (Lipinski definition) is 3. The van der Waals surface area contributed by atoms with Gasteiger partial charge in [0.2, 0.25) is 5.89 Å². The van der Waals surface area contributed by atoms with Crippen molar-refractivity contribution in [2.45, 2.75) is 0 Å². The van der Waals surface area contributed by atoms with Gasteiger partial charge in [0.25, 0.3) is 0 Å². The van der Waals surface area contributed by atoms with E-state index in [-0.39, 0.29) is 0 Å². The highest BCUT2D eigenvalue weighted by molar-refractivity contribution is 9.11. The molecule has 0 atom stereocenters. The quantitative estimate of drug-likeness (QED) is 0.482. The zero-order valence-corrected chi connectivity index (χ0v) is 14.4. The minimum atomic E-state index is 0.394. The number of nitrogens with two attached hydrogens (primary N) is 1. The molecular formula is C13H6Br2Cl2N2O. The molecule has 0 aliphatic carbocycles. The third-order valence-electron chi connectivity index (χ3n) is 2.79. The Hall–Kier alpha value is -0.750. The fraction of sp³-hybridized carbons (Fsp3) is 0. The number of halogens is 4. The van der Waals surface area contributed by atoms with Crippen LogP contribution in [0.2, 0.25) is 10.0 Å². The lowest BCUT2D eigenvalue weighted by Gasteiger charge is -2.00. The summed E-state index contributed by atoms with van der Waals surface area (Å²) in [6, 6.07) is 7.06. The van der Waals surface area contributed by atoms with Crippen LogP contribution in [0, 0.1) is 0 Å². The van der Waals surface area contributed by atoms with E-state index in [1.165, 1.54) is 0 Å². The highest BCUT2D eigenvalue weighted by Crippen LogP contribution is 2.39. The van der Waals surface area contributed by atoms with Crippen molar-refractivity contribution in [3.8, 4) is 11.5 Å². The van der Waals surface area contributed by atoms with E-state index in [1.54, 1.807) is 24.3 Å². The van der Waals surface area contributed by atoms with Crippen molar-refractivity contribution in [1.29, 1.82) is 0 Å². The van der Waals surface area contributed by atoms with Gasteiger partial charge in [0.15, 0.2) is 5.58 Å². The molecule has 20 heavy (non-hydrogen) atoms. The maximum atomic E-state index is 6.18. The van der Waals surface area contributed by atoms with Gasteiger partial charge in [-0.2, -0.15) is 0 Å². The summed E-state index contributed by atoms with van der Waals surface area (Å²) in [6.07, 6.45) is 0. The van der Waals surface area contributed by atoms with E-state index in [9.17, 15) is 0 Å². The molecule has 0 amide bonds. The maximum Gasteiger partial charge on any atom is 0.228 e. The zero-order chi connectivity index (χ0) is 14.4. The molecule has 7 heteroatoms. The average Bonchev–Trinajstić information content (AvgIpc) is 2.83. The predicted molar refractivity (Wildman–Crippen MR) is 89.3 cm³/mol. The van der Waals surface area contributed by atoms with Gasteiger partial charge in [0, 0.05) is 4.47 Å². The van der Waals surface area contributed by atoms with E-state index in [1.807, 2.05) is 0 Å². The molecule has 0 bridgehead atoms. The van der Waals surface area contributed by atoms with Gasteiger partial charge in [-0.1, -0.05) is 29.3 Å². The van der Waals surface area contributed by atoms with Crippen LogP contribution in [0.3, 0.4) is 0 Å². The van der Waals surface area contributed by atoms with Gasteiger partial charge in [0.05, 0.1) is 25.8 Å². The molecule has 0 saturated carbocycles. The van der Waals surface area contributed by atoms with Gasteiger partial charge in [-0.05, 0) is 50.1 Å². The van der Waals surface area contributed by atoms with Crippen LogP contribution in [0.5, 0.6) is 0 Å². The average molecular weight is 437 g/mol. The van der Waals surface area contributed by atoms with E-state index in [4.69, 9.17) is 33.4 Å². The molecule has 3 nitrogen and oxygen atoms in total. The van der Waals surface area contributed by atoms with Crippen molar-refractivity contribution >= 4 is 71.8 Å². The first-order valence-corrected chi connectivity index (χ1v) is 7.81. The fourth-order valence-corrected chi connectivity index (χ4v) is 3.35. The number of nitrogen functional groups attached to an aromatic ring is 1. The molecule has 1 heterocycles. The van der Waals surface area contributed by atoms with Gasteiger partial charge >= 0.3 is 0 Å². The van der Waals surface area contributed by atoms with E-state index in [0.29, 0.717) is 42.8 Å². The SMILES string of the molecule is Nc1c(Br)cc2oc(-c3cccc(Cl)c3Cl)nc2c1Br. The molecule has 1 aromatic heterocycles. The summed E-state index contributed by atoms with van der Waals surface area (Å²) >= 11 is 19.0. The Morgan fingerprint density at radius 1 is 1.20 bits per heavy atom. The normalized spacial score (nSPS) is 11.2. The van der Waals surface area contributed by atoms with Gasteiger partial charge < -0.3 is 10.2 Å². The lowest BCUT2D eigenvalue weighted by molar-refractivity contribution is 0.619. The number of rotatable bonds is 1. The Kier molecular flexibility index (Phi) is 3.71. The first kappa shape index (κ1) is 14.2. The minimum Gasteiger partial charge on any atom is -0.436 e. The summed E-state index contributed by atoms with van der Waals surface area (Å²) in [6.45, 7) is 0. The van der Waals surface area contributed by atoms with Crippen LogP contribution in [0.4, 0.5) is 5.69 Å². The molecule has 2 N–H and O–H groups in total. The Balaban J connectivity index is 2.29. The molecule has 0 unspecified atom stereocenters. The Morgan fingerprint density at radius 2 is 1.95 bits per heavy atom. The van der Waals surface area contributed by atoms with Crippen molar-refractivity contribution in [3.63, 3.8) is 0 Å². The van der Waals surface area contributed by atoms with E-state index >= 15 is 0 Å². The first-order valence-electron chi connectivity index (χ1n) is 5.47. The number of anilines is 1. The van der Waals surface area contributed by atoms with Crippen molar-refractivity contribution in [3.05, 3.63) is 43.3 Å². The third kappa shape index (κ3) is 2.22. The van der Waals surface area contributed by atoms with Gasteiger partial charge in [-0.15, -0.1) is 0 Å². The highest BCUT2D eigenvalue weighted by Gasteiger charge is 2.17. The molecule has 3 rings (SSSR count). The molecule has 0 fully saturated rings. The number of fused-ring (bicyclic) bond motifs is 1. The van der Waals surface area contributed by atoms with E-state index < -0.39 is 0 Å². The second kappa shape index (κ2) is 5.22. The van der Waals surface area contributed by atoms with Crippen LogP contribution < -0.4 is 5.73 Å². The molecule has 0 saturated heterocycles. The monoisotopic (exact) mass is 434 g/mol.